The molecule has 1 aliphatic heterocycles. The lowest BCUT2D eigenvalue weighted by Crippen LogP contribution is -2.42. The van der Waals surface area contributed by atoms with Gasteiger partial charge in [-0.25, -0.2) is 4.98 Å². The second kappa shape index (κ2) is 10.0. The zero-order valence-corrected chi connectivity index (χ0v) is 14.5. The molecular weight excluding hydrogens is 310 g/mol. The summed E-state index contributed by atoms with van der Waals surface area (Å²) in [5.74, 6) is 1.41. The predicted octanol–water partition coefficient (Wildman–Crippen LogP) is 0.0538. The third kappa shape index (κ3) is 5.61. The molecule has 8 nitrogen and oxygen atoms in total. The van der Waals surface area contributed by atoms with E-state index in [1.165, 1.54) is 0 Å². The van der Waals surface area contributed by atoms with Crippen LogP contribution in [0.2, 0.25) is 0 Å². The van der Waals surface area contributed by atoms with Crippen LogP contribution in [0.1, 0.15) is 12.8 Å². The molecule has 0 unspecified atom stereocenters. The Kier molecular flexibility index (Phi) is 7.70. The van der Waals surface area contributed by atoms with Gasteiger partial charge in [0.1, 0.15) is 0 Å². The first-order chi connectivity index (χ1) is 11.7. The number of ether oxygens (including phenoxy) is 2. The van der Waals surface area contributed by atoms with Crippen LogP contribution in [0.25, 0.3) is 0 Å². The van der Waals surface area contributed by atoms with Gasteiger partial charge < -0.3 is 25.0 Å². The second-order valence-electron chi connectivity index (χ2n) is 5.69. The Morgan fingerprint density at radius 1 is 1.29 bits per heavy atom. The molecule has 2 rings (SSSR count). The van der Waals surface area contributed by atoms with Crippen LogP contribution in [0.4, 0.5) is 5.95 Å². The van der Waals surface area contributed by atoms with Crippen molar-refractivity contribution in [1.82, 2.24) is 20.6 Å². The Labute approximate surface area is 142 Å². The number of aromatic nitrogens is 2. The molecule has 0 saturated carbocycles. The van der Waals surface area contributed by atoms with Crippen LogP contribution in [0.5, 0.6) is 5.88 Å². The third-order valence-corrected chi connectivity index (χ3v) is 4.06. The normalized spacial score (nSPS) is 15.3. The summed E-state index contributed by atoms with van der Waals surface area (Å²) in [6.45, 7) is 4.42. The maximum absolute atomic E-state index is 12.2. The van der Waals surface area contributed by atoms with Gasteiger partial charge in [-0.3, -0.25) is 4.79 Å². The van der Waals surface area contributed by atoms with Crippen LogP contribution in [0.15, 0.2) is 12.3 Å². The van der Waals surface area contributed by atoms with E-state index in [1.807, 2.05) is 0 Å². The van der Waals surface area contributed by atoms with Crippen LogP contribution in [0, 0.1) is 5.92 Å². The van der Waals surface area contributed by atoms with E-state index in [4.69, 9.17) is 9.47 Å². The minimum absolute atomic E-state index is 0.0610. The number of hydrogen-bond acceptors (Lipinski definition) is 7. The molecule has 134 valence electrons. The summed E-state index contributed by atoms with van der Waals surface area (Å²) in [5, 5.41) is 6.20. The quantitative estimate of drug-likeness (QED) is 0.616. The standard InChI is InChI=1S/C16H27N5O3/c1-23-12-9-17-7-8-18-15(22)13-4-10-21(11-5-13)16-19-6-3-14(20-16)24-2/h3,6,13,17H,4-5,7-12H2,1-2H3,(H,18,22). The molecule has 2 heterocycles. The van der Waals surface area contributed by atoms with Gasteiger partial charge in [0, 0.05) is 58.0 Å². The minimum Gasteiger partial charge on any atom is -0.481 e. The molecule has 0 aromatic carbocycles. The SMILES string of the molecule is COCCNCCNC(=O)C1CCN(c2nccc(OC)n2)CC1. The Morgan fingerprint density at radius 2 is 2.08 bits per heavy atom. The van der Waals surface area contributed by atoms with Gasteiger partial charge in [-0.2, -0.15) is 4.98 Å². The maximum Gasteiger partial charge on any atom is 0.228 e. The van der Waals surface area contributed by atoms with Crippen molar-refractivity contribution >= 4 is 11.9 Å². The highest BCUT2D eigenvalue weighted by molar-refractivity contribution is 5.78. The summed E-state index contributed by atoms with van der Waals surface area (Å²) in [5.41, 5.74) is 0. The Bertz CT molecular complexity index is 506. The first-order valence-electron chi connectivity index (χ1n) is 8.34. The fourth-order valence-corrected chi connectivity index (χ4v) is 2.66. The molecule has 1 saturated heterocycles. The number of rotatable bonds is 9. The molecule has 1 fully saturated rings. The van der Waals surface area contributed by atoms with Gasteiger partial charge in [-0.05, 0) is 12.8 Å². The average Bonchev–Trinajstić information content (AvgIpc) is 2.64. The summed E-state index contributed by atoms with van der Waals surface area (Å²) in [6, 6.07) is 1.73. The van der Waals surface area contributed by atoms with Gasteiger partial charge in [0.2, 0.25) is 17.7 Å². The molecule has 8 heteroatoms. The van der Waals surface area contributed by atoms with E-state index in [2.05, 4.69) is 25.5 Å². The zero-order chi connectivity index (χ0) is 17.2. The van der Waals surface area contributed by atoms with E-state index >= 15 is 0 Å². The van der Waals surface area contributed by atoms with Crippen molar-refractivity contribution < 1.29 is 14.3 Å². The summed E-state index contributed by atoms with van der Waals surface area (Å²) in [7, 11) is 3.26. The largest absolute Gasteiger partial charge is 0.481 e. The summed E-state index contributed by atoms with van der Waals surface area (Å²) >= 11 is 0. The zero-order valence-electron chi connectivity index (χ0n) is 14.5. The molecule has 0 atom stereocenters. The minimum atomic E-state index is 0.0610. The number of nitrogens with one attached hydrogen (secondary N) is 2. The lowest BCUT2D eigenvalue weighted by atomic mass is 9.96. The fourth-order valence-electron chi connectivity index (χ4n) is 2.66. The van der Waals surface area contributed by atoms with E-state index in [0.29, 0.717) is 25.0 Å². The Morgan fingerprint density at radius 3 is 2.79 bits per heavy atom. The molecule has 2 N–H and O–H groups in total. The van der Waals surface area contributed by atoms with Crippen LogP contribution >= 0.6 is 0 Å². The molecular formula is C16H27N5O3. The molecule has 0 spiro atoms. The lowest BCUT2D eigenvalue weighted by Gasteiger charge is -2.31. The van der Waals surface area contributed by atoms with Gasteiger partial charge in [0.25, 0.3) is 0 Å². The van der Waals surface area contributed by atoms with Crippen molar-refractivity contribution in [2.45, 2.75) is 12.8 Å². The van der Waals surface area contributed by atoms with Gasteiger partial charge in [-0.1, -0.05) is 0 Å². The van der Waals surface area contributed by atoms with Crippen molar-refractivity contribution in [3.8, 4) is 5.88 Å². The van der Waals surface area contributed by atoms with Crippen molar-refractivity contribution in [3.05, 3.63) is 12.3 Å². The maximum atomic E-state index is 12.2. The summed E-state index contributed by atoms with van der Waals surface area (Å²) in [6.07, 6.45) is 3.31. The van der Waals surface area contributed by atoms with Crippen molar-refractivity contribution in [3.63, 3.8) is 0 Å². The van der Waals surface area contributed by atoms with Gasteiger partial charge in [-0.15, -0.1) is 0 Å². The lowest BCUT2D eigenvalue weighted by molar-refractivity contribution is -0.125. The van der Waals surface area contributed by atoms with Crippen molar-refractivity contribution in [2.24, 2.45) is 5.92 Å². The number of carbonyl (C=O) groups excluding carboxylic acids is 1. The highest BCUT2D eigenvalue weighted by Gasteiger charge is 2.26. The molecule has 1 amide bonds. The molecule has 1 aliphatic rings. The summed E-state index contributed by atoms with van der Waals surface area (Å²) < 4.78 is 10.1. The number of carbonyl (C=O) groups is 1. The van der Waals surface area contributed by atoms with E-state index in [9.17, 15) is 4.79 Å². The topological polar surface area (TPSA) is 88.6 Å². The summed E-state index contributed by atoms with van der Waals surface area (Å²) in [4.78, 5) is 22.9. The highest BCUT2D eigenvalue weighted by atomic mass is 16.5. The monoisotopic (exact) mass is 337 g/mol. The van der Waals surface area contributed by atoms with E-state index < -0.39 is 0 Å². The smallest absolute Gasteiger partial charge is 0.228 e. The number of amides is 1. The molecule has 0 bridgehead atoms. The third-order valence-electron chi connectivity index (χ3n) is 4.06. The fraction of sp³-hybridized carbons (Fsp3) is 0.688. The Hall–Kier alpha value is -1.93. The van der Waals surface area contributed by atoms with Crippen LogP contribution < -0.4 is 20.3 Å². The van der Waals surface area contributed by atoms with Crippen molar-refractivity contribution in [2.75, 3.05) is 58.5 Å². The van der Waals surface area contributed by atoms with E-state index in [1.54, 1.807) is 26.5 Å². The molecule has 0 radical (unpaired) electrons. The number of anilines is 1. The average molecular weight is 337 g/mol. The second-order valence-corrected chi connectivity index (χ2v) is 5.69. The number of hydrogen-bond donors (Lipinski definition) is 2. The molecule has 24 heavy (non-hydrogen) atoms. The molecule has 1 aromatic rings. The Balaban J connectivity index is 1.69. The van der Waals surface area contributed by atoms with Crippen molar-refractivity contribution in [1.29, 1.82) is 0 Å². The predicted molar refractivity (Wildman–Crippen MR) is 91.3 cm³/mol. The molecule has 0 aliphatic carbocycles. The van der Waals surface area contributed by atoms with Gasteiger partial charge in [0.05, 0.1) is 13.7 Å². The van der Waals surface area contributed by atoms with Crippen LogP contribution in [-0.2, 0) is 9.53 Å². The molecule has 1 aromatic heterocycles. The van der Waals surface area contributed by atoms with Gasteiger partial charge >= 0.3 is 0 Å². The van der Waals surface area contributed by atoms with Gasteiger partial charge in [0.15, 0.2) is 0 Å². The van der Waals surface area contributed by atoms with Crippen LogP contribution in [0.3, 0.4) is 0 Å². The first kappa shape index (κ1) is 18.4. The number of piperidine rings is 1. The van der Waals surface area contributed by atoms with E-state index in [0.717, 1.165) is 39.0 Å². The number of methoxy groups -OCH3 is 2. The van der Waals surface area contributed by atoms with E-state index in [-0.39, 0.29) is 11.8 Å². The van der Waals surface area contributed by atoms with Crippen LogP contribution in [-0.4, -0.2) is 69.4 Å². The first-order valence-corrected chi connectivity index (χ1v) is 8.34. The number of nitrogens with zero attached hydrogens (tertiary/aromatic N) is 3. The highest BCUT2D eigenvalue weighted by Crippen LogP contribution is 2.21.